The highest BCUT2D eigenvalue weighted by molar-refractivity contribution is 7.92. The monoisotopic (exact) mass is 531 g/mol. The highest BCUT2D eigenvalue weighted by atomic mass is 32.2. The minimum Gasteiger partial charge on any atom is -0.386 e. The predicted octanol–water partition coefficient (Wildman–Crippen LogP) is 5.80. The van der Waals surface area contributed by atoms with Gasteiger partial charge in [-0.15, -0.1) is 0 Å². The Kier molecular flexibility index (Phi) is 5.99. The lowest BCUT2D eigenvalue weighted by Gasteiger charge is -2.27. The summed E-state index contributed by atoms with van der Waals surface area (Å²) in [5, 5.41) is 13.2. The molecule has 0 unspecified atom stereocenters. The van der Waals surface area contributed by atoms with Crippen molar-refractivity contribution in [2.75, 3.05) is 9.62 Å². The van der Waals surface area contributed by atoms with Gasteiger partial charge in [-0.2, -0.15) is 26.3 Å². The molecular formula is C23H19F6N3O3S. The maximum Gasteiger partial charge on any atom is 0.433 e. The van der Waals surface area contributed by atoms with Gasteiger partial charge in [-0.25, -0.2) is 13.4 Å². The standard InChI is InChI=1S/C23H19F6N3O3S/c1-21(2,33)15-6-9-17-18(11-15)32(12-13-3-10-19(23(27,28)29)31-20(13)30-17)36(34,35)16-7-4-14(5-8-16)22(24,25)26/h3-11,33H,12H2,1-2H3,(H,30,31). The lowest BCUT2D eigenvalue weighted by atomic mass is 9.97. The molecule has 2 heterocycles. The van der Waals surface area contributed by atoms with Crippen LogP contribution in [0.2, 0.25) is 0 Å². The number of fused-ring (bicyclic) bond motifs is 2. The van der Waals surface area contributed by atoms with Crippen LogP contribution in [0.15, 0.2) is 59.5 Å². The van der Waals surface area contributed by atoms with Crippen LogP contribution >= 0.6 is 0 Å². The van der Waals surface area contributed by atoms with Gasteiger partial charge in [0.25, 0.3) is 10.0 Å². The van der Waals surface area contributed by atoms with Gasteiger partial charge in [-0.05, 0) is 61.9 Å². The van der Waals surface area contributed by atoms with E-state index in [4.69, 9.17) is 0 Å². The van der Waals surface area contributed by atoms with Crippen LogP contribution < -0.4 is 9.62 Å². The minimum absolute atomic E-state index is 0.0268. The molecule has 192 valence electrons. The van der Waals surface area contributed by atoms with Crippen LogP contribution in [0.25, 0.3) is 0 Å². The summed E-state index contributed by atoms with van der Waals surface area (Å²) in [6, 6.07) is 8.86. The average Bonchev–Trinajstić information content (AvgIpc) is 2.93. The zero-order valence-corrected chi connectivity index (χ0v) is 19.6. The average molecular weight is 531 g/mol. The normalized spacial score (nSPS) is 14.5. The van der Waals surface area contributed by atoms with Crippen molar-refractivity contribution in [2.45, 2.75) is 43.2 Å². The van der Waals surface area contributed by atoms with Crippen LogP contribution in [0.1, 0.15) is 36.2 Å². The van der Waals surface area contributed by atoms with Crippen molar-refractivity contribution in [3.8, 4) is 0 Å². The van der Waals surface area contributed by atoms with E-state index in [1.807, 2.05) is 0 Å². The lowest BCUT2D eigenvalue weighted by Crippen LogP contribution is -2.31. The zero-order chi connectivity index (χ0) is 26.7. The lowest BCUT2D eigenvalue weighted by molar-refractivity contribution is -0.141. The van der Waals surface area contributed by atoms with Crippen molar-refractivity contribution < 1.29 is 39.9 Å². The van der Waals surface area contributed by atoms with Crippen LogP contribution in [-0.4, -0.2) is 18.5 Å². The summed E-state index contributed by atoms with van der Waals surface area (Å²) in [7, 11) is -4.51. The molecule has 2 aromatic carbocycles. The van der Waals surface area contributed by atoms with Crippen LogP contribution in [0.4, 0.5) is 43.5 Å². The van der Waals surface area contributed by atoms with E-state index in [0.29, 0.717) is 23.8 Å². The minimum atomic E-state index is -4.75. The van der Waals surface area contributed by atoms with Gasteiger partial charge in [-0.1, -0.05) is 12.1 Å². The number of benzene rings is 2. The fourth-order valence-corrected chi connectivity index (χ4v) is 5.08. The van der Waals surface area contributed by atoms with Gasteiger partial charge in [0.15, 0.2) is 0 Å². The number of halogens is 6. The zero-order valence-electron chi connectivity index (χ0n) is 18.7. The number of aliphatic hydroxyl groups is 1. The van der Waals surface area contributed by atoms with Crippen molar-refractivity contribution in [2.24, 2.45) is 0 Å². The number of sulfonamides is 1. The van der Waals surface area contributed by atoms with Crippen LogP contribution in [0, 0.1) is 0 Å². The number of nitrogens with one attached hydrogen (secondary N) is 1. The van der Waals surface area contributed by atoms with Crippen LogP contribution in [-0.2, 0) is 34.5 Å². The van der Waals surface area contributed by atoms with Crippen LogP contribution in [0.3, 0.4) is 0 Å². The highest BCUT2D eigenvalue weighted by Gasteiger charge is 2.36. The first kappa shape index (κ1) is 25.8. The molecule has 0 saturated heterocycles. The molecule has 0 saturated carbocycles. The summed E-state index contributed by atoms with van der Waals surface area (Å²) in [6.45, 7) is 2.44. The van der Waals surface area contributed by atoms with Crippen molar-refractivity contribution in [3.63, 3.8) is 0 Å². The molecule has 36 heavy (non-hydrogen) atoms. The summed E-state index contributed by atoms with van der Waals surface area (Å²) in [5.74, 6) is -0.229. The molecule has 6 nitrogen and oxygen atoms in total. The largest absolute Gasteiger partial charge is 0.433 e. The second kappa shape index (κ2) is 8.37. The molecular weight excluding hydrogens is 512 g/mol. The summed E-state index contributed by atoms with van der Waals surface area (Å²) in [5.41, 5.74) is -3.20. The Balaban J connectivity index is 1.89. The van der Waals surface area contributed by atoms with Gasteiger partial charge < -0.3 is 10.4 Å². The van der Waals surface area contributed by atoms with Crippen LogP contribution in [0.5, 0.6) is 0 Å². The molecule has 0 aliphatic carbocycles. The van der Waals surface area contributed by atoms with Crippen molar-refractivity contribution in [1.82, 2.24) is 4.98 Å². The van der Waals surface area contributed by atoms with Gasteiger partial charge in [-0.3, -0.25) is 4.31 Å². The Labute approximate surface area is 202 Å². The quantitative estimate of drug-likeness (QED) is 0.418. The number of rotatable bonds is 3. The van der Waals surface area contributed by atoms with Gasteiger partial charge in [0, 0.05) is 5.56 Å². The molecule has 1 aliphatic heterocycles. The Morgan fingerprint density at radius 2 is 1.50 bits per heavy atom. The van der Waals surface area contributed by atoms with Gasteiger partial charge in [0.1, 0.15) is 11.5 Å². The molecule has 2 N–H and O–H groups in total. The maximum absolute atomic E-state index is 13.6. The number of alkyl halides is 6. The van der Waals surface area contributed by atoms with Crippen molar-refractivity contribution in [1.29, 1.82) is 0 Å². The molecule has 0 fully saturated rings. The Bertz CT molecular complexity index is 1410. The third-order valence-electron chi connectivity index (χ3n) is 5.58. The third kappa shape index (κ3) is 4.85. The Morgan fingerprint density at radius 1 is 0.889 bits per heavy atom. The molecule has 0 amide bonds. The van der Waals surface area contributed by atoms with Gasteiger partial charge in [0.2, 0.25) is 0 Å². The fourth-order valence-electron chi connectivity index (χ4n) is 3.63. The molecule has 13 heteroatoms. The molecule has 0 atom stereocenters. The maximum atomic E-state index is 13.6. The number of hydrogen-bond donors (Lipinski definition) is 2. The van der Waals surface area contributed by atoms with Crippen molar-refractivity contribution in [3.05, 3.63) is 77.0 Å². The first-order chi connectivity index (χ1) is 16.5. The van der Waals surface area contributed by atoms with E-state index >= 15 is 0 Å². The summed E-state index contributed by atoms with van der Waals surface area (Å²) < 4.78 is 107. The predicted molar refractivity (Wildman–Crippen MR) is 119 cm³/mol. The van der Waals surface area contributed by atoms with E-state index in [0.717, 1.165) is 22.5 Å². The first-order valence-electron chi connectivity index (χ1n) is 10.4. The highest BCUT2D eigenvalue weighted by Crippen LogP contribution is 2.41. The number of aromatic nitrogens is 1. The second-order valence-electron chi connectivity index (χ2n) is 8.65. The third-order valence-corrected chi connectivity index (χ3v) is 7.35. The molecule has 0 spiro atoms. The summed E-state index contributed by atoms with van der Waals surface area (Å²) in [6.07, 6.45) is -9.42. The van der Waals surface area contributed by atoms with E-state index in [1.54, 1.807) is 0 Å². The van der Waals surface area contributed by atoms with E-state index in [9.17, 15) is 39.9 Å². The number of anilines is 3. The summed E-state index contributed by atoms with van der Waals surface area (Å²) in [4.78, 5) is 3.15. The topological polar surface area (TPSA) is 82.5 Å². The smallest absolute Gasteiger partial charge is 0.386 e. The Morgan fingerprint density at radius 3 is 2.06 bits per heavy atom. The number of nitrogens with zero attached hydrogens (tertiary/aromatic N) is 2. The van der Waals surface area contributed by atoms with E-state index < -0.39 is 50.7 Å². The number of hydrogen-bond acceptors (Lipinski definition) is 5. The molecule has 3 aromatic rings. The van der Waals surface area contributed by atoms with E-state index in [-0.39, 0.29) is 22.8 Å². The van der Waals surface area contributed by atoms with E-state index in [1.165, 1.54) is 32.0 Å². The Hall–Kier alpha value is -3.32. The van der Waals surface area contributed by atoms with Gasteiger partial charge in [0.05, 0.1) is 34.0 Å². The van der Waals surface area contributed by atoms with E-state index in [2.05, 4.69) is 10.3 Å². The second-order valence-corrected chi connectivity index (χ2v) is 10.5. The SMILES string of the molecule is CC(C)(O)c1ccc2c(c1)N(S(=O)(=O)c1ccc(C(F)(F)F)cc1)Cc1ccc(C(F)(F)F)nc1N2. The summed E-state index contributed by atoms with van der Waals surface area (Å²) >= 11 is 0. The molecule has 1 aliphatic rings. The van der Waals surface area contributed by atoms with Crippen molar-refractivity contribution >= 4 is 27.2 Å². The molecule has 0 bridgehead atoms. The molecule has 0 radical (unpaired) electrons. The fraction of sp³-hybridized carbons (Fsp3) is 0.261. The molecule has 1 aromatic heterocycles. The van der Waals surface area contributed by atoms with Gasteiger partial charge >= 0.3 is 12.4 Å². The number of pyridine rings is 1. The molecule has 4 rings (SSSR count). The first-order valence-corrected chi connectivity index (χ1v) is 11.8.